The number of hydrogen-bond donors (Lipinski definition) is 1. The van der Waals surface area contributed by atoms with Crippen molar-refractivity contribution in [1.82, 2.24) is 0 Å². The van der Waals surface area contributed by atoms with E-state index in [1.807, 2.05) is 0 Å². The Morgan fingerprint density at radius 2 is 1.88 bits per heavy atom. The van der Waals surface area contributed by atoms with Crippen LogP contribution in [0.4, 0.5) is 10.1 Å². The third-order valence-electron chi connectivity index (χ3n) is 3.28. The molecule has 2 aromatic carbocycles. The van der Waals surface area contributed by atoms with Crippen LogP contribution in [0.15, 0.2) is 63.8 Å². The van der Waals surface area contributed by atoms with E-state index in [0.29, 0.717) is 5.39 Å². The summed E-state index contributed by atoms with van der Waals surface area (Å²) < 4.78 is 23.2. The lowest BCUT2D eigenvalue weighted by Gasteiger charge is -2.06. The Morgan fingerprint density at radius 1 is 1.08 bits per heavy atom. The molecule has 0 aliphatic carbocycles. The molecule has 0 aliphatic heterocycles. The fraction of sp³-hybridized carbons (Fsp3) is 0.0556. The van der Waals surface area contributed by atoms with Gasteiger partial charge in [-0.3, -0.25) is 9.59 Å². The van der Waals surface area contributed by atoms with Crippen LogP contribution in [0, 0.1) is 5.82 Å². The van der Waals surface area contributed by atoms with Crippen molar-refractivity contribution in [2.24, 2.45) is 0 Å². The van der Waals surface area contributed by atoms with Gasteiger partial charge in [0.2, 0.25) is 5.76 Å². The summed E-state index contributed by atoms with van der Waals surface area (Å²) in [7, 11) is 0. The number of benzene rings is 2. The SMILES string of the molecule is O=C(COC(=O)c1cc(=O)c2ccccc2o1)Nc1cccc(F)c1. The van der Waals surface area contributed by atoms with Gasteiger partial charge in [-0.15, -0.1) is 0 Å². The van der Waals surface area contributed by atoms with Crippen LogP contribution in [-0.4, -0.2) is 18.5 Å². The average molecular weight is 341 g/mol. The van der Waals surface area contributed by atoms with Gasteiger partial charge >= 0.3 is 5.97 Å². The summed E-state index contributed by atoms with van der Waals surface area (Å²) in [6.45, 7) is -0.605. The number of halogens is 1. The predicted octanol–water partition coefficient (Wildman–Crippen LogP) is 2.73. The van der Waals surface area contributed by atoms with Crippen molar-refractivity contribution in [3.63, 3.8) is 0 Å². The van der Waals surface area contributed by atoms with Gasteiger partial charge in [0.25, 0.3) is 5.91 Å². The Kier molecular flexibility index (Phi) is 4.56. The molecule has 3 rings (SSSR count). The maximum Gasteiger partial charge on any atom is 0.374 e. The van der Waals surface area contributed by atoms with E-state index in [4.69, 9.17) is 9.15 Å². The Balaban J connectivity index is 1.66. The number of carbonyl (C=O) groups excluding carboxylic acids is 2. The van der Waals surface area contributed by atoms with Crippen LogP contribution in [0.2, 0.25) is 0 Å². The summed E-state index contributed by atoms with van der Waals surface area (Å²) in [6, 6.07) is 12.7. The van der Waals surface area contributed by atoms with E-state index < -0.39 is 29.7 Å². The van der Waals surface area contributed by atoms with E-state index in [-0.39, 0.29) is 17.0 Å². The van der Waals surface area contributed by atoms with E-state index in [1.54, 1.807) is 24.3 Å². The molecule has 0 saturated carbocycles. The van der Waals surface area contributed by atoms with Crippen LogP contribution in [0.25, 0.3) is 11.0 Å². The predicted molar refractivity (Wildman–Crippen MR) is 87.8 cm³/mol. The van der Waals surface area contributed by atoms with Gasteiger partial charge in [-0.2, -0.15) is 0 Å². The van der Waals surface area contributed by atoms with Crippen molar-refractivity contribution in [1.29, 1.82) is 0 Å². The van der Waals surface area contributed by atoms with Gasteiger partial charge < -0.3 is 14.5 Å². The van der Waals surface area contributed by atoms with E-state index in [0.717, 1.165) is 12.1 Å². The zero-order chi connectivity index (χ0) is 17.8. The first-order chi connectivity index (χ1) is 12.0. The summed E-state index contributed by atoms with van der Waals surface area (Å²) >= 11 is 0. The summed E-state index contributed by atoms with van der Waals surface area (Å²) in [5.41, 5.74) is 0.0856. The molecule has 126 valence electrons. The van der Waals surface area contributed by atoms with Gasteiger partial charge in [0.15, 0.2) is 12.0 Å². The highest BCUT2D eigenvalue weighted by Gasteiger charge is 2.15. The van der Waals surface area contributed by atoms with Gasteiger partial charge in [-0.1, -0.05) is 18.2 Å². The minimum absolute atomic E-state index is 0.235. The number of rotatable bonds is 4. The maximum atomic E-state index is 13.0. The number of ether oxygens (including phenoxy) is 1. The minimum Gasteiger partial charge on any atom is -0.450 e. The van der Waals surface area contributed by atoms with Crippen LogP contribution < -0.4 is 10.7 Å². The number of carbonyl (C=O) groups is 2. The first-order valence-corrected chi connectivity index (χ1v) is 7.28. The molecule has 0 saturated heterocycles. The number of fused-ring (bicyclic) bond motifs is 1. The van der Waals surface area contributed by atoms with Crippen molar-refractivity contribution >= 4 is 28.5 Å². The maximum absolute atomic E-state index is 13.0. The van der Waals surface area contributed by atoms with Gasteiger partial charge in [-0.25, -0.2) is 9.18 Å². The second kappa shape index (κ2) is 6.96. The number of anilines is 1. The largest absolute Gasteiger partial charge is 0.450 e. The van der Waals surface area contributed by atoms with E-state index in [1.165, 1.54) is 18.2 Å². The van der Waals surface area contributed by atoms with E-state index >= 15 is 0 Å². The minimum atomic E-state index is -0.947. The fourth-order valence-corrected chi connectivity index (χ4v) is 2.17. The molecule has 0 spiro atoms. The van der Waals surface area contributed by atoms with Crippen LogP contribution in [0.3, 0.4) is 0 Å². The molecular weight excluding hydrogens is 329 g/mol. The van der Waals surface area contributed by atoms with Crippen LogP contribution in [0.5, 0.6) is 0 Å². The third-order valence-corrected chi connectivity index (χ3v) is 3.28. The van der Waals surface area contributed by atoms with Crippen molar-refractivity contribution in [2.75, 3.05) is 11.9 Å². The van der Waals surface area contributed by atoms with E-state index in [9.17, 15) is 18.8 Å². The molecule has 1 heterocycles. The zero-order valence-electron chi connectivity index (χ0n) is 12.8. The molecule has 3 aromatic rings. The standard InChI is InChI=1S/C18H12FNO5/c19-11-4-3-5-12(8-11)20-17(22)10-24-18(23)16-9-14(21)13-6-1-2-7-15(13)25-16/h1-9H,10H2,(H,20,22). The van der Waals surface area contributed by atoms with Crippen molar-refractivity contribution in [3.8, 4) is 0 Å². The second-order valence-electron chi connectivity index (χ2n) is 5.11. The highest BCUT2D eigenvalue weighted by Crippen LogP contribution is 2.13. The van der Waals surface area contributed by atoms with Gasteiger partial charge in [-0.05, 0) is 30.3 Å². The Hall–Kier alpha value is -3.48. The molecule has 0 fully saturated rings. The monoisotopic (exact) mass is 341 g/mol. The third kappa shape index (κ3) is 3.89. The molecule has 1 N–H and O–H groups in total. The lowest BCUT2D eigenvalue weighted by atomic mass is 10.2. The Morgan fingerprint density at radius 3 is 2.68 bits per heavy atom. The first-order valence-electron chi connectivity index (χ1n) is 7.28. The van der Waals surface area contributed by atoms with Crippen molar-refractivity contribution in [3.05, 3.63) is 76.4 Å². The quantitative estimate of drug-likeness (QED) is 0.738. The summed E-state index contributed by atoms with van der Waals surface area (Å²) in [6.07, 6.45) is 0. The summed E-state index contributed by atoms with van der Waals surface area (Å²) in [5.74, 6) is -2.41. The normalized spacial score (nSPS) is 10.4. The molecule has 0 aliphatic rings. The van der Waals surface area contributed by atoms with Gasteiger partial charge in [0.05, 0.1) is 5.39 Å². The highest BCUT2D eigenvalue weighted by molar-refractivity contribution is 5.95. The number of para-hydroxylation sites is 1. The second-order valence-corrected chi connectivity index (χ2v) is 5.11. The van der Waals surface area contributed by atoms with E-state index in [2.05, 4.69) is 5.32 Å². The molecule has 0 atom stereocenters. The zero-order valence-corrected chi connectivity index (χ0v) is 12.8. The Bertz CT molecular complexity index is 1010. The number of nitrogens with one attached hydrogen (secondary N) is 1. The van der Waals surface area contributed by atoms with Crippen molar-refractivity contribution < 1.29 is 23.1 Å². The molecular formula is C18H12FNO5. The van der Waals surface area contributed by atoms with Crippen LogP contribution >= 0.6 is 0 Å². The smallest absolute Gasteiger partial charge is 0.374 e. The van der Waals surface area contributed by atoms with Crippen LogP contribution in [-0.2, 0) is 9.53 Å². The fourth-order valence-electron chi connectivity index (χ4n) is 2.17. The molecule has 7 heteroatoms. The lowest BCUT2D eigenvalue weighted by Crippen LogP contribution is -2.21. The molecule has 0 radical (unpaired) electrons. The molecule has 1 amide bonds. The molecule has 0 unspecified atom stereocenters. The topological polar surface area (TPSA) is 85.6 Å². The lowest BCUT2D eigenvalue weighted by molar-refractivity contribution is -0.119. The van der Waals surface area contributed by atoms with Crippen molar-refractivity contribution in [2.45, 2.75) is 0 Å². The first kappa shape index (κ1) is 16.4. The molecule has 6 nitrogen and oxygen atoms in total. The Labute approximate surface area is 140 Å². The highest BCUT2D eigenvalue weighted by atomic mass is 19.1. The van der Waals surface area contributed by atoms with Crippen LogP contribution in [0.1, 0.15) is 10.6 Å². The number of hydrogen-bond acceptors (Lipinski definition) is 5. The van der Waals surface area contributed by atoms with Gasteiger partial charge in [0, 0.05) is 11.8 Å². The number of esters is 1. The molecule has 25 heavy (non-hydrogen) atoms. The van der Waals surface area contributed by atoms with Gasteiger partial charge in [0.1, 0.15) is 11.4 Å². The molecule has 0 bridgehead atoms. The summed E-state index contributed by atoms with van der Waals surface area (Å²) in [5, 5.41) is 2.72. The number of amides is 1. The average Bonchev–Trinajstić information content (AvgIpc) is 2.59. The molecule has 1 aromatic heterocycles. The summed E-state index contributed by atoms with van der Waals surface area (Å²) in [4.78, 5) is 35.6.